The van der Waals surface area contributed by atoms with Crippen LogP contribution in [0.3, 0.4) is 0 Å². The highest BCUT2D eigenvalue weighted by atomic mass is 16.5. The molecule has 5 heteroatoms. The Morgan fingerprint density at radius 1 is 1.50 bits per heavy atom. The van der Waals surface area contributed by atoms with Gasteiger partial charge in [0.15, 0.2) is 5.65 Å². The fraction of sp³-hybridized carbons (Fsp3) is 0.545. The van der Waals surface area contributed by atoms with Gasteiger partial charge in [0, 0.05) is 6.20 Å². The predicted molar refractivity (Wildman–Crippen MR) is 59.3 cm³/mol. The smallest absolute Gasteiger partial charge is 0.177 e. The summed E-state index contributed by atoms with van der Waals surface area (Å²) in [5.74, 6) is 0. The van der Waals surface area contributed by atoms with Gasteiger partial charge in [0.2, 0.25) is 0 Å². The molecule has 0 unspecified atom stereocenters. The van der Waals surface area contributed by atoms with Gasteiger partial charge in [0.1, 0.15) is 11.6 Å². The Morgan fingerprint density at radius 2 is 2.31 bits per heavy atom. The zero-order chi connectivity index (χ0) is 11.1. The fourth-order valence-corrected chi connectivity index (χ4v) is 1.88. The molecule has 1 saturated heterocycles. The molecular formula is C11H14N4O. The van der Waals surface area contributed by atoms with Gasteiger partial charge in [-0.25, -0.2) is 14.6 Å². The molecule has 1 fully saturated rings. The lowest BCUT2D eigenvalue weighted by Crippen LogP contribution is -2.31. The Labute approximate surface area is 93.5 Å². The molecule has 3 rings (SSSR count). The van der Waals surface area contributed by atoms with Gasteiger partial charge in [-0.05, 0) is 13.3 Å². The largest absolute Gasteiger partial charge is 0.377 e. The highest BCUT2D eigenvalue weighted by Crippen LogP contribution is 2.22. The van der Waals surface area contributed by atoms with E-state index in [0.717, 1.165) is 42.2 Å². The average Bonchev–Trinajstić information content (AvgIpc) is 2.54. The number of ether oxygens (including phenoxy) is 1. The maximum Gasteiger partial charge on any atom is 0.177 e. The summed E-state index contributed by atoms with van der Waals surface area (Å²) >= 11 is 0. The minimum absolute atomic E-state index is 0.331. The molecule has 0 atom stereocenters. The number of rotatable bonds is 2. The molecule has 2 aromatic heterocycles. The van der Waals surface area contributed by atoms with Gasteiger partial charge in [0.05, 0.1) is 24.6 Å². The third kappa shape index (κ3) is 1.31. The molecule has 0 amide bonds. The van der Waals surface area contributed by atoms with Crippen LogP contribution in [0.4, 0.5) is 0 Å². The van der Waals surface area contributed by atoms with Crippen molar-refractivity contribution in [3.63, 3.8) is 0 Å². The third-order valence-corrected chi connectivity index (χ3v) is 2.95. The van der Waals surface area contributed by atoms with E-state index in [-0.39, 0.29) is 0 Å². The van der Waals surface area contributed by atoms with E-state index in [1.165, 1.54) is 0 Å². The summed E-state index contributed by atoms with van der Waals surface area (Å²) in [5, 5.41) is 4.50. The van der Waals surface area contributed by atoms with Crippen LogP contribution in [0.15, 0.2) is 6.20 Å². The van der Waals surface area contributed by atoms with Crippen LogP contribution >= 0.6 is 0 Å². The van der Waals surface area contributed by atoms with Crippen molar-refractivity contribution in [2.24, 2.45) is 0 Å². The molecule has 0 N–H and O–H groups in total. The summed E-state index contributed by atoms with van der Waals surface area (Å²) in [5.41, 5.74) is 3.75. The zero-order valence-electron chi connectivity index (χ0n) is 9.47. The SMILES string of the molecule is CCc1cnc2c(C)nn(C3COC3)c2n1. The summed E-state index contributed by atoms with van der Waals surface area (Å²) in [7, 11) is 0. The van der Waals surface area contributed by atoms with Crippen LogP contribution in [0.5, 0.6) is 0 Å². The number of fused-ring (bicyclic) bond motifs is 1. The number of hydrogen-bond acceptors (Lipinski definition) is 4. The standard InChI is InChI=1S/C11H14N4O/c1-3-8-4-12-10-7(2)14-15(11(10)13-8)9-5-16-6-9/h4,9H,3,5-6H2,1-2H3. The monoisotopic (exact) mass is 218 g/mol. The van der Waals surface area contributed by atoms with Gasteiger partial charge in [-0.2, -0.15) is 5.10 Å². The van der Waals surface area contributed by atoms with Gasteiger partial charge in [0.25, 0.3) is 0 Å². The predicted octanol–water partition coefficient (Wildman–Crippen LogP) is 1.27. The van der Waals surface area contributed by atoms with Gasteiger partial charge < -0.3 is 4.74 Å². The molecule has 5 nitrogen and oxygen atoms in total. The molecule has 0 radical (unpaired) electrons. The van der Waals surface area contributed by atoms with Crippen molar-refractivity contribution in [3.8, 4) is 0 Å². The van der Waals surface area contributed by atoms with Crippen molar-refractivity contribution in [2.45, 2.75) is 26.3 Å². The Balaban J connectivity index is 2.19. The van der Waals surface area contributed by atoms with E-state index in [1.807, 2.05) is 17.8 Å². The topological polar surface area (TPSA) is 52.8 Å². The second kappa shape index (κ2) is 3.52. The van der Waals surface area contributed by atoms with Crippen LogP contribution in [0.1, 0.15) is 24.4 Å². The first-order chi connectivity index (χ1) is 7.79. The summed E-state index contributed by atoms with van der Waals surface area (Å²) in [6, 6.07) is 0.331. The lowest BCUT2D eigenvalue weighted by molar-refractivity contribution is -0.0270. The maximum atomic E-state index is 5.20. The molecule has 1 aliphatic heterocycles. The fourth-order valence-electron chi connectivity index (χ4n) is 1.88. The Morgan fingerprint density at radius 3 is 2.94 bits per heavy atom. The van der Waals surface area contributed by atoms with Crippen LogP contribution in [0, 0.1) is 6.92 Å². The highest BCUT2D eigenvalue weighted by molar-refractivity contribution is 5.73. The molecule has 84 valence electrons. The molecule has 1 aliphatic rings. The van der Waals surface area contributed by atoms with Gasteiger partial charge in [-0.15, -0.1) is 0 Å². The van der Waals surface area contributed by atoms with Crippen LogP contribution < -0.4 is 0 Å². The number of aryl methyl sites for hydroxylation is 2. The van der Waals surface area contributed by atoms with Crippen LogP contribution in [0.2, 0.25) is 0 Å². The van der Waals surface area contributed by atoms with Crippen LogP contribution in [0.25, 0.3) is 11.2 Å². The van der Waals surface area contributed by atoms with Gasteiger partial charge in [-0.3, -0.25) is 0 Å². The van der Waals surface area contributed by atoms with E-state index in [0.29, 0.717) is 6.04 Å². The van der Waals surface area contributed by atoms with Crippen LogP contribution in [-0.4, -0.2) is 33.0 Å². The van der Waals surface area contributed by atoms with Crippen LogP contribution in [-0.2, 0) is 11.2 Å². The van der Waals surface area contributed by atoms with E-state index < -0.39 is 0 Å². The summed E-state index contributed by atoms with van der Waals surface area (Å²) in [6.45, 7) is 5.51. The molecular weight excluding hydrogens is 204 g/mol. The average molecular weight is 218 g/mol. The summed E-state index contributed by atoms with van der Waals surface area (Å²) in [4.78, 5) is 9.03. The molecule has 0 bridgehead atoms. The quantitative estimate of drug-likeness (QED) is 0.761. The first kappa shape index (κ1) is 9.72. The van der Waals surface area contributed by atoms with E-state index in [9.17, 15) is 0 Å². The zero-order valence-corrected chi connectivity index (χ0v) is 9.47. The Hall–Kier alpha value is -1.49. The number of aromatic nitrogens is 4. The van der Waals surface area contributed by atoms with Crippen molar-refractivity contribution >= 4 is 11.2 Å². The van der Waals surface area contributed by atoms with Crippen molar-refractivity contribution in [3.05, 3.63) is 17.6 Å². The number of nitrogens with zero attached hydrogens (tertiary/aromatic N) is 4. The first-order valence-corrected chi connectivity index (χ1v) is 5.58. The first-order valence-electron chi connectivity index (χ1n) is 5.58. The number of hydrogen-bond donors (Lipinski definition) is 0. The molecule has 2 aromatic rings. The second-order valence-corrected chi connectivity index (χ2v) is 4.11. The Bertz CT molecular complexity index is 530. The van der Waals surface area contributed by atoms with Crippen molar-refractivity contribution in [1.82, 2.24) is 19.7 Å². The summed E-state index contributed by atoms with van der Waals surface area (Å²) in [6.07, 6.45) is 2.73. The van der Waals surface area contributed by atoms with E-state index >= 15 is 0 Å². The maximum absolute atomic E-state index is 5.20. The molecule has 3 heterocycles. The minimum atomic E-state index is 0.331. The van der Waals surface area contributed by atoms with Gasteiger partial charge in [-0.1, -0.05) is 6.92 Å². The van der Waals surface area contributed by atoms with Gasteiger partial charge >= 0.3 is 0 Å². The van der Waals surface area contributed by atoms with E-state index in [2.05, 4.69) is 22.0 Å². The lowest BCUT2D eigenvalue weighted by atomic mass is 10.2. The van der Waals surface area contributed by atoms with E-state index in [4.69, 9.17) is 4.74 Å². The molecule has 0 spiro atoms. The third-order valence-electron chi connectivity index (χ3n) is 2.95. The van der Waals surface area contributed by atoms with Crippen molar-refractivity contribution in [2.75, 3.05) is 13.2 Å². The van der Waals surface area contributed by atoms with Crippen molar-refractivity contribution < 1.29 is 4.74 Å². The van der Waals surface area contributed by atoms with E-state index in [1.54, 1.807) is 0 Å². The second-order valence-electron chi connectivity index (χ2n) is 4.11. The lowest BCUT2D eigenvalue weighted by Gasteiger charge is -2.26. The summed E-state index contributed by atoms with van der Waals surface area (Å²) < 4.78 is 7.15. The molecule has 16 heavy (non-hydrogen) atoms. The molecule has 0 aliphatic carbocycles. The minimum Gasteiger partial charge on any atom is -0.377 e. The normalized spacial score (nSPS) is 16.6. The molecule has 0 aromatic carbocycles. The highest BCUT2D eigenvalue weighted by Gasteiger charge is 2.25. The molecule has 0 saturated carbocycles. The Kier molecular flexibility index (Phi) is 2.14. The van der Waals surface area contributed by atoms with Crippen molar-refractivity contribution in [1.29, 1.82) is 0 Å².